The number of nitrogens with one attached hydrogen (secondary N) is 1. The highest BCUT2D eigenvalue weighted by atomic mass is 16.1. The van der Waals surface area contributed by atoms with Gasteiger partial charge in [0.2, 0.25) is 0 Å². The van der Waals surface area contributed by atoms with Crippen molar-refractivity contribution in [3.05, 3.63) is 17.5 Å². The molecule has 1 amide bonds. The highest BCUT2D eigenvalue weighted by Crippen LogP contribution is 2.42. The van der Waals surface area contributed by atoms with E-state index in [0.717, 1.165) is 25.0 Å². The molecule has 23 heavy (non-hydrogen) atoms. The summed E-state index contributed by atoms with van der Waals surface area (Å²) >= 11 is 0. The Bertz CT molecular complexity index is 657. The summed E-state index contributed by atoms with van der Waals surface area (Å²) in [5, 5.41) is 15.6. The van der Waals surface area contributed by atoms with Crippen molar-refractivity contribution in [2.24, 2.45) is 10.2 Å². The van der Waals surface area contributed by atoms with Crippen LogP contribution in [0.2, 0.25) is 0 Å². The van der Waals surface area contributed by atoms with Gasteiger partial charge in [-0.15, -0.1) is 12.3 Å². The van der Waals surface area contributed by atoms with Crippen molar-refractivity contribution in [3.8, 4) is 12.3 Å². The molecule has 1 aromatic heterocycles. The average Bonchev–Trinajstić information content (AvgIpc) is 3.45. The fourth-order valence-corrected chi connectivity index (χ4v) is 2.86. The van der Waals surface area contributed by atoms with Crippen LogP contribution in [0.15, 0.2) is 16.4 Å². The molecular weight excluding hydrogens is 290 g/mol. The molecule has 0 aromatic carbocycles. The number of rotatable bonds is 8. The summed E-state index contributed by atoms with van der Waals surface area (Å²) in [6.07, 6.45) is 11.4. The molecular formula is C17H23N5O. The van der Waals surface area contributed by atoms with Gasteiger partial charge in [-0.1, -0.05) is 0 Å². The van der Waals surface area contributed by atoms with Crippen LogP contribution in [0.3, 0.4) is 0 Å². The van der Waals surface area contributed by atoms with Crippen LogP contribution in [-0.4, -0.2) is 27.9 Å². The quantitative estimate of drug-likeness (QED) is 0.749. The third kappa shape index (κ3) is 3.44. The molecule has 1 saturated carbocycles. The van der Waals surface area contributed by atoms with E-state index >= 15 is 0 Å². The number of amides is 1. The van der Waals surface area contributed by atoms with E-state index < -0.39 is 0 Å². The minimum Gasteiger partial charge on any atom is -0.352 e. The van der Waals surface area contributed by atoms with E-state index in [1.807, 2.05) is 4.68 Å². The highest BCUT2D eigenvalue weighted by molar-refractivity contribution is 5.95. The van der Waals surface area contributed by atoms with E-state index in [1.54, 1.807) is 6.20 Å². The van der Waals surface area contributed by atoms with Crippen LogP contribution in [0.5, 0.6) is 0 Å². The molecule has 0 unspecified atom stereocenters. The first kappa shape index (κ1) is 15.7. The molecule has 0 bridgehead atoms. The van der Waals surface area contributed by atoms with Crippen LogP contribution in [-0.2, 0) is 0 Å². The predicted molar refractivity (Wildman–Crippen MR) is 87.2 cm³/mol. The summed E-state index contributed by atoms with van der Waals surface area (Å²) in [5.41, 5.74) is 1.45. The largest absolute Gasteiger partial charge is 0.352 e. The molecule has 2 heterocycles. The summed E-state index contributed by atoms with van der Waals surface area (Å²) in [7, 11) is 0. The zero-order chi connectivity index (χ0) is 16.4. The number of nitrogens with zero attached hydrogens (tertiary/aromatic N) is 4. The third-order valence-electron chi connectivity index (χ3n) is 4.40. The van der Waals surface area contributed by atoms with Gasteiger partial charge in [0.25, 0.3) is 5.91 Å². The van der Waals surface area contributed by atoms with Crippen molar-refractivity contribution in [2.45, 2.75) is 63.6 Å². The maximum absolute atomic E-state index is 12.5. The van der Waals surface area contributed by atoms with Crippen molar-refractivity contribution in [2.75, 3.05) is 6.54 Å². The zero-order valence-electron chi connectivity index (χ0n) is 13.7. The van der Waals surface area contributed by atoms with E-state index in [1.165, 1.54) is 0 Å². The number of aromatic nitrogens is 2. The van der Waals surface area contributed by atoms with E-state index in [0.29, 0.717) is 30.9 Å². The molecule has 1 N–H and O–H groups in total. The van der Waals surface area contributed by atoms with E-state index in [-0.39, 0.29) is 17.6 Å². The molecule has 6 heteroatoms. The van der Waals surface area contributed by atoms with Gasteiger partial charge in [0.1, 0.15) is 0 Å². The smallest absolute Gasteiger partial charge is 0.254 e. The first-order valence-corrected chi connectivity index (χ1v) is 8.29. The van der Waals surface area contributed by atoms with Crippen LogP contribution in [0, 0.1) is 12.3 Å². The van der Waals surface area contributed by atoms with Gasteiger partial charge in [-0.05, 0) is 26.7 Å². The molecule has 1 aromatic rings. The molecule has 0 saturated heterocycles. The summed E-state index contributed by atoms with van der Waals surface area (Å²) in [5.74, 6) is 3.04. The number of hydrogen-bond acceptors (Lipinski definition) is 4. The lowest BCUT2D eigenvalue weighted by molar-refractivity contribution is 0.0950. The second kappa shape index (κ2) is 6.15. The van der Waals surface area contributed by atoms with Crippen molar-refractivity contribution >= 4 is 5.91 Å². The van der Waals surface area contributed by atoms with Gasteiger partial charge in [-0.2, -0.15) is 15.3 Å². The Labute approximate surface area is 136 Å². The predicted octanol–water partition coefficient (Wildman–Crippen LogP) is 3.04. The molecule has 2 aliphatic rings. The van der Waals surface area contributed by atoms with Gasteiger partial charge in [-0.3, -0.25) is 9.48 Å². The van der Waals surface area contributed by atoms with Gasteiger partial charge < -0.3 is 5.32 Å². The number of carbonyl (C=O) groups excluding carboxylic acids is 1. The summed E-state index contributed by atoms with van der Waals surface area (Å²) in [6, 6.07) is 0.267. The van der Waals surface area contributed by atoms with Gasteiger partial charge in [0, 0.05) is 37.8 Å². The zero-order valence-corrected chi connectivity index (χ0v) is 13.7. The lowest BCUT2D eigenvalue weighted by atomic mass is 10.0. The highest BCUT2D eigenvalue weighted by Gasteiger charge is 2.39. The van der Waals surface area contributed by atoms with Crippen LogP contribution < -0.4 is 5.32 Å². The number of hydrogen-bond donors (Lipinski definition) is 1. The lowest BCUT2D eigenvalue weighted by Gasteiger charge is -2.13. The Morgan fingerprint density at radius 1 is 1.48 bits per heavy atom. The molecule has 6 nitrogen and oxygen atoms in total. The van der Waals surface area contributed by atoms with Crippen LogP contribution in [0.1, 0.15) is 74.0 Å². The summed E-state index contributed by atoms with van der Waals surface area (Å²) in [6.45, 7) is 4.73. The number of carbonyl (C=O) groups is 1. The van der Waals surface area contributed by atoms with Crippen molar-refractivity contribution < 1.29 is 4.79 Å². The fraction of sp³-hybridized carbons (Fsp3) is 0.647. The average molecular weight is 313 g/mol. The Morgan fingerprint density at radius 3 is 2.78 bits per heavy atom. The van der Waals surface area contributed by atoms with Crippen molar-refractivity contribution in [1.82, 2.24) is 15.1 Å². The minimum absolute atomic E-state index is 0.0495. The number of terminal acetylenes is 1. The first-order valence-electron chi connectivity index (χ1n) is 8.29. The normalized spacial score (nSPS) is 18.0. The van der Waals surface area contributed by atoms with Crippen LogP contribution in [0.25, 0.3) is 0 Å². The Morgan fingerprint density at radius 2 is 2.22 bits per heavy atom. The molecule has 0 atom stereocenters. The minimum atomic E-state index is -0.346. The lowest BCUT2D eigenvalue weighted by Crippen LogP contribution is -2.29. The Balaban J connectivity index is 1.58. The van der Waals surface area contributed by atoms with Crippen molar-refractivity contribution in [3.63, 3.8) is 0 Å². The monoisotopic (exact) mass is 313 g/mol. The molecule has 1 aliphatic heterocycles. The molecule has 1 fully saturated rings. The molecule has 3 rings (SSSR count). The maximum Gasteiger partial charge on any atom is 0.254 e. The topological polar surface area (TPSA) is 71.6 Å². The summed E-state index contributed by atoms with van der Waals surface area (Å²) < 4.78 is 1.98. The van der Waals surface area contributed by atoms with Gasteiger partial charge in [0.15, 0.2) is 5.66 Å². The Kier molecular flexibility index (Phi) is 4.20. The first-order chi connectivity index (χ1) is 11.1. The van der Waals surface area contributed by atoms with E-state index in [2.05, 4.69) is 40.4 Å². The van der Waals surface area contributed by atoms with Crippen molar-refractivity contribution in [1.29, 1.82) is 0 Å². The second-order valence-corrected chi connectivity index (χ2v) is 6.65. The van der Waals surface area contributed by atoms with E-state index in [9.17, 15) is 4.79 Å². The van der Waals surface area contributed by atoms with Crippen LogP contribution in [0.4, 0.5) is 0 Å². The SMILES string of the molecule is C#CCCC1(CCNC(=O)c2cnn(C(C)C)c2C2CC2)N=N1. The van der Waals surface area contributed by atoms with Gasteiger partial charge >= 0.3 is 0 Å². The third-order valence-corrected chi connectivity index (χ3v) is 4.40. The van der Waals surface area contributed by atoms with Crippen LogP contribution >= 0.6 is 0 Å². The molecule has 1 aliphatic carbocycles. The summed E-state index contributed by atoms with van der Waals surface area (Å²) in [4.78, 5) is 12.5. The maximum atomic E-state index is 12.5. The molecule has 0 spiro atoms. The van der Waals surface area contributed by atoms with Gasteiger partial charge in [-0.25, -0.2) is 0 Å². The van der Waals surface area contributed by atoms with E-state index in [4.69, 9.17) is 6.42 Å². The second-order valence-electron chi connectivity index (χ2n) is 6.65. The Hall–Kier alpha value is -2.16. The standard InChI is InChI=1S/C17H23N5O/c1-4-5-8-17(20-21-17)9-10-18-16(23)14-11-19-22(12(2)3)15(14)13-6-7-13/h1,11-13H,5-10H2,2-3H3,(H,18,23). The molecule has 122 valence electrons. The fourth-order valence-electron chi connectivity index (χ4n) is 2.86. The van der Waals surface area contributed by atoms with Gasteiger partial charge in [0.05, 0.1) is 17.5 Å². The molecule has 0 radical (unpaired) electrons.